The molecule has 0 bridgehead atoms. The molecule has 0 aromatic heterocycles. The van der Waals surface area contributed by atoms with Gasteiger partial charge in [0.2, 0.25) is 0 Å². The largest absolute Gasteiger partial charge is 0.396 e. The Morgan fingerprint density at radius 3 is 2.44 bits per heavy atom. The van der Waals surface area contributed by atoms with Crippen molar-refractivity contribution in [3.8, 4) is 6.07 Å². The van der Waals surface area contributed by atoms with E-state index in [2.05, 4.69) is 6.07 Å². The Morgan fingerprint density at radius 1 is 1.78 bits per heavy atom. The van der Waals surface area contributed by atoms with Gasteiger partial charge in [0.05, 0.1) is 11.5 Å². The molecule has 0 radical (unpaired) electrons. The first-order chi connectivity index (χ1) is 4.25. The molecule has 50 valence electrons. The van der Waals surface area contributed by atoms with E-state index in [1.807, 2.05) is 6.92 Å². The summed E-state index contributed by atoms with van der Waals surface area (Å²) in [5.41, 5.74) is -0.144. The first-order valence-corrected chi connectivity index (χ1v) is 3.27. The summed E-state index contributed by atoms with van der Waals surface area (Å²) in [6.45, 7) is 2.07. The van der Waals surface area contributed by atoms with Crippen molar-refractivity contribution >= 4 is 0 Å². The van der Waals surface area contributed by atoms with Crippen molar-refractivity contribution < 1.29 is 5.11 Å². The lowest BCUT2D eigenvalue weighted by atomic mass is 9.93. The number of nitrogens with zero attached hydrogens (tertiary/aromatic N) is 1. The van der Waals surface area contributed by atoms with Crippen molar-refractivity contribution in [3.63, 3.8) is 0 Å². The molecule has 2 heteroatoms. The van der Waals surface area contributed by atoms with Gasteiger partial charge in [-0.25, -0.2) is 0 Å². The lowest BCUT2D eigenvalue weighted by Gasteiger charge is -2.11. The van der Waals surface area contributed by atoms with Gasteiger partial charge in [-0.3, -0.25) is 0 Å². The summed E-state index contributed by atoms with van der Waals surface area (Å²) < 4.78 is 0. The molecular formula is C7H11NO. The summed E-state index contributed by atoms with van der Waals surface area (Å²) in [6.07, 6.45) is 1.95. The normalized spacial score (nSPS) is 24.6. The second kappa shape index (κ2) is 2.00. The van der Waals surface area contributed by atoms with Crippen LogP contribution in [-0.4, -0.2) is 11.7 Å². The van der Waals surface area contributed by atoms with E-state index in [1.165, 1.54) is 0 Å². The highest BCUT2D eigenvalue weighted by atomic mass is 16.3. The van der Waals surface area contributed by atoms with Gasteiger partial charge in [0, 0.05) is 6.61 Å². The molecule has 1 aliphatic rings. The molecule has 1 aliphatic carbocycles. The highest BCUT2D eigenvalue weighted by molar-refractivity contribution is 5.12. The minimum Gasteiger partial charge on any atom is -0.396 e. The molecule has 1 unspecified atom stereocenters. The van der Waals surface area contributed by atoms with Crippen LogP contribution in [0.1, 0.15) is 19.8 Å². The second-order valence-electron chi connectivity index (χ2n) is 2.85. The second-order valence-corrected chi connectivity index (χ2v) is 2.85. The third-order valence-corrected chi connectivity index (χ3v) is 2.23. The molecule has 1 N–H and O–H groups in total. The topological polar surface area (TPSA) is 44.0 Å². The quantitative estimate of drug-likeness (QED) is 0.596. The summed E-state index contributed by atoms with van der Waals surface area (Å²) in [6, 6.07) is 2.24. The van der Waals surface area contributed by atoms with Gasteiger partial charge in [-0.1, -0.05) is 6.92 Å². The van der Waals surface area contributed by atoms with E-state index in [9.17, 15) is 0 Å². The zero-order valence-corrected chi connectivity index (χ0v) is 5.59. The van der Waals surface area contributed by atoms with Crippen LogP contribution in [0, 0.1) is 22.7 Å². The van der Waals surface area contributed by atoms with Gasteiger partial charge >= 0.3 is 0 Å². The van der Waals surface area contributed by atoms with E-state index in [0.29, 0.717) is 0 Å². The van der Waals surface area contributed by atoms with Crippen molar-refractivity contribution in [1.82, 2.24) is 0 Å². The maximum absolute atomic E-state index is 8.69. The van der Waals surface area contributed by atoms with Crippen LogP contribution >= 0.6 is 0 Å². The molecule has 1 rings (SSSR count). The first-order valence-electron chi connectivity index (χ1n) is 3.27. The number of hydrogen-bond acceptors (Lipinski definition) is 2. The maximum atomic E-state index is 8.69. The smallest absolute Gasteiger partial charge is 0.0693 e. The molecular weight excluding hydrogens is 114 g/mol. The Hall–Kier alpha value is -0.550. The molecule has 0 aliphatic heterocycles. The standard InChI is InChI=1S/C7H11NO/c1-6(4-9)7(5-8)2-3-7/h6,9H,2-4H2,1H3. The minimum absolute atomic E-state index is 0.144. The van der Waals surface area contributed by atoms with Crippen molar-refractivity contribution in [2.24, 2.45) is 11.3 Å². The Labute approximate surface area is 55.1 Å². The predicted octanol–water partition coefficient (Wildman–Crippen LogP) is 0.919. The molecule has 0 aromatic rings. The maximum Gasteiger partial charge on any atom is 0.0693 e. The SMILES string of the molecule is CC(CO)C1(C#N)CC1. The molecule has 0 spiro atoms. The van der Waals surface area contributed by atoms with Gasteiger partial charge in [-0.15, -0.1) is 0 Å². The highest BCUT2D eigenvalue weighted by Gasteiger charge is 2.47. The summed E-state index contributed by atoms with van der Waals surface area (Å²) in [5, 5.41) is 17.3. The summed E-state index contributed by atoms with van der Waals surface area (Å²) in [5.74, 6) is 0.169. The minimum atomic E-state index is -0.144. The van der Waals surface area contributed by atoms with Crippen molar-refractivity contribution in [3.05, 3.63) is 0 Å². The van der Waals surface area contributed by atoms with Crippen LogP contribution in [0.5, 0.6) is 0 Å². The number of hydrogen-bond donors (Lipinski definition) is 1. The first kappa shape index (κ1) is 6.57. The molecule has 0 heterocycles. The molecule has 2 nitrogen and oxygen atoms in total. The Kier molecular flexibility index (Phi) is 1.46. The summed E-state index contributed by atoms with van der Waals surface area (Å²) >= 11 is 0. The van der Waals surface area contributed by atoms with Crippen molar-refractivity contribution in [2.75, 3.05) is 6.61 Å². The summed E-state index contributed by atoms with van der Waals surface area (Å²) in [7, 11) is 0. The van der Waals surface area contributed by atoms with E-state index in [4.69, 9.17) is 10.4 Å². The Balaban J connectivity index is 2.52. The zero-order chi connectivity index (χ0) is 6.91. The fourth-order valence-electron chi connectivity index (χ4n) is 1.02. The third kappa shape index (κ3) is 0.927. The third-order valence-electron chi connectivity index (χ3n) is 2.23. The fourth-order valence-corrected chi connectivity index (χ4v) is 1.02. The number of nitriles is 1. The molecule has 1 saturated carbocycles. The van der Waals surface area contributed by atoms with Gasteiger partial charge in [-0.2, -0.15) is 5.26 Å². The van der Waals surface area contributed by atoms with E-state index >= 15 is 0 Å². The average Bonchev–Trinajstić information content (AvgIpc) is 2.66. The highest BCUT2D eigenvalue weighted by Crippen LogP contribution is 2.50. The van der Waals surface area contributed by atoms with Crippen molar-refractivity contribution in [1.29, 1.82) is 5.26 Å². The van der Waals surface area contributed by atoms with Gasteiger partial charge in [0.15, 0.2) is 0 Å². The lowest BCUT2D eigenvalue weighted by Crippen LogP contribution is -2.13. The van der Waals surface area contributed by atoms with Crippen LogP contribution in [0.2, 0.25) is 0 Å². The molecule has 1 fully saturated rings. The van der Waals surface area contributed by atoms with Crippen LogP contribution in [0.3, 0.4) is 0 Å². The molecule has 0 amide bonds. The zero-order valence-electron chi connectivity index (χ0n) is 5.59. The van der Waals surface area contributed by atoms with E-state index in [1.54, 1.807) is 0 Å². The molecule has 0 aromatic carbocycles. The van der Waals surface area contributed by atoms with E-state index in [-0.39, 0.29) is 17.9 Å². The van der Waals surface area contributed by atoms with E-state index in [0.717, 1.165) is 12.8 Å². The van der Waals surface area contributed by atoms with Gasteiger partial charge in [0.1, 0.15) is 0 Å². The van der Waals surface area contributed by atoms with Crippen LogP contribution in [0.15, 0.2) is 0 Å². The van der Waals surface area contributed by atoms with Crippen LogP contribution in [-0.2, 0) is 0 Å². The van der Waals surface area contributed by atoms with Gasteiger partial charge in [0.25, 0.3) is 0 Å². The summed E-state index contributed by atoms with van der Waals surface area (Å²) in [4.78, 5) is 0. The molecule has 0 saturated heterocycles. The van der Waals surface area contributed by atoms with Gasteiger partial charge in [-0.05, 0) is 18.8 Å². The average molecular weight is 125 g/mol. The van der Waals surface area contributed by atoms with Crippen LogP contribution < -0.4 is 0 Å². The fraction of sp³-hybridized carbons (Fsp3) is 0.857. The van der Waals surface area contributed by atoms with Crippen LogP contribution in [0.4, 0.5) is 0 Å². The number of rotatable bonds is 2. The lowest BCUT2D eigenvalue weighted by molar-refractivity contribution is 0.201. The van der Waals surface area contributed by atoms with E-state index < -0.39 is 0 Å². The van der Waals surface area contributed by atoms with Gasteiger partial charge < -0.3 is 5.11 Å². The Bertz CT molecular complexity index is 143. The Morgan fingerprint density at radius 2 is 2.33 bits per heavy atom. The van der Waals surface area contributed by atoms with Crippen LogP contribution in [0.25, 0.3) is 0 Å². The molecule has 1 atom stereocenters. The predicted molar refractivity (Wildman–Crippen MR) is 33.5 cm³/mol. The molecule has 9 heavy (non-hydrogen) atoms. The number of aliphatic hydroxyl groups excluding tert-OH is 1. The van der Waals surface area contributed by atoms with Crippen molar-refractivity contribution in [2.45, 2.75) is 19.8 Å². The monoisotopic (exact) mass is 125 g/mol. The number of aliphatic hydroxyl groups is 1.